The van der Waals surface area contributed by atoms with E-state index in [-0.39, 0.29) is 12.2 Å². The molecule has 0 radical (unpaired) electrons. The number of allylic oxidation sites excluding steroid dienone is 1. The SMILES string of the molecule is CC1=C(C(=O)OCc2ccccc2)[C@@H](c2c(Cl)cccc2Cl)NC(=O)N1. The summed E-state index contributed by atoms with van der Waals surface area (Å²) in [5.41, 5.74) is 1.97. The number of halogens is 2. The van der Waals surface area contributed by atoms with Gasteiger partial charge in [-0.15, -0.1) is 0 Å². The standard InChI is InChI=1S/C19H16Cl2N2O3/c1-11-15(18(24)26-10-12-6-3-2-4-7-12)17(23-19(25)22-11)16-13(20)8-5-9-14(16)21/h2-9,17H,10H2,1H3,(H2,22,23,25)/t17-/m0/s1. The van der Waals surface area contributed by atoms with E-state index in [1.54, 1.807) is 25.1 Å². The highest BCUT2D eigenvalue weighted by atomic mass is 35.5. The normalized spacial score (nSPS) is 16.7. The van der Waals surface area contributed by atoms with Crippen LogP contribution in [-0.2, 0) is 16.1 Å². The molecule has 0 fully saturated rings. The highest BCUT2D eigenvalue weighted by molar-refractivity contribution is 6.36. The molecule has 2 N–H and O–H groups in total. The molecule has 0 spiro atoms. The highest BCUT2D eigenvalue weighted by Gasteiger charge is 2.34. The fraction of sp³-hybridized carbons (Fsp3) is 0.158. The molecule has 0 aliphatic carbocycles. The van der Waals surface area contributed by atoms with E-state index in [0.717, 1.165) is 5.56 Å². The van der Waals surface area contributed by atoms with Crippen LogP contribution in [0.5, 0.6) is 0 Å². The van der Waals surface area contributed by atoms with E-state index in [1.165, 1.54) is 0 Å². The van der Waals surface area contributed by atoms with Crippen molar-refractivity contribution >= 4 is 35.2 Å². The molecule has 1 aliphatic heterocycles. The molecule has 0 bridgehead atoms. The number of esters is 1. The number of amides is 2. The predicted octanol–water partition coefficient (Wildman–Crippen LogP) is 4.36. The minimum atomic E-state index is -0.798. The Hall–Kier alpha value is -2.50. The first-order valence-electron chi connectivity index (χ1n) is 7.90. The van der Waals surface area contributed by atoms with Gasteiger partial charge in [0.1, 0.15) is 6.61 Å². The second-order valence-electron chi connectivity index (χ2n) is 5.77. The van der Waals surface area contributed by atoms with E-state index in [9.17, 15) is 9.59 Å². The van der Waals surface area contributed by atoms with Crippen LogP contribution in [0.3, 0.4) is 0 Å². The Morgan fingerprint density at radius 2 is 1.73 bits per heavy atom. The van der Waals surface area contributed by atoms with Gasteiger partial charge in [0.05, 0.1) is 11.6 Å². The molecule has 0 unspecified atom stereocenters. The van der Waals surface area contributed by atoms with Crippen LogP contribution < -0.4 is 10.6 Å². The number of urea groups is 1. The Kier molecular flexibility index (Phi) is 5.49. The molecule has 0 aromatic heterocycles. The molecule has 1 atom stereocenters. The second kappa shape index (κ2) is 7.81. The Bertz CT molecular complexity index is 861. The number of hydrogen-bond donors (Lipinski definition) is 2. The summed E-state index contributed by atoms with van der Waals surface area (Å²) < 4.78 is 5.43. The third kappa shape index (κ3) is 3.84. The van der Waals surface area contributed by atoms with Gasteiger partial charge in [-0.05, 0) is 24.6 Å². The smallest absolute Gasteiger partial charge is 0.338 e. The summed E-state index contributed by atoms with van der Waals surface area (Å²) in [5.74, 6) is -0.556. The van der Waals surface area contributed by atoms with Crippen molar-refractivity contribution in [1.29, 1.82) is 0 Å². The molecule has 134 valence electrons. The van der Waals surface area contributed by atoms with Crippen LogP contribution in [0.4, 0.5) is 4.79 Å². The van der Waals surface area contributed by atoms with Gasteiger partial charge in [-0.1, -0.05) is 59.6 Å². The van der Waals surface area contributed by atoms with E-state index < -0.39 is 18.0 Å². The average molecular weight is 391 g/mol. The average Bonchev–Trinajstić information content (AvgIpc) is 2.60. The number of benzene rings is 2. The second-order valence-corrected chi connectivity index (χ2v) is 6.58. The molecule has 2 aromatic rings. The maximum absolute atomic E-state index is 12.7. The third-order valence-corrected chi connectivity index (χ3v) is 4.65. The molecule has 0 saturated heterocycles. The van der Waals surface area contributed by atoms with Gasteiger partial charge in [-0.2, -0.15) is 0 Å². The van der Waals surface area contributed by atoms with Crippen molar-refractivity contribution in [2.75, 3.05) is 0 Å². The zero-order chi connectivity index (χ0) is 18.7. The topological polar surface area (TPSA) is 67.4 Å². The molecule has 0 saturated carbocycles. The Balaban J connectivity index is 1.92. The Morgan fingerprint density at radius 1 is 1.08 bits per heavy atom. The summed E-state index contributed by atoms with van der Waals surface area (Å²) in [6.45, 7) is 1.75. The summed E-state index contributed by atoms with van der Waals surface area (Å²) in [6, 6.07) is 13.1. The zero-order valence-corrected chi connectivity index (χ0v) is 15.4. The first-order chi connectivity index (χ1) is 12.5. The van der Waals surface area contributed by atoms with Gasteiger partial charge in [0.25, 0.3) is 0 Å². The van der Waals surface area contributed by atoms with Gasteiger partial charge in [0.15, 0.2) is 0 Å². The van der Waals surface area contributed by atoms with Crippen LogP contribution in [0, 0.1) is 0 Å². The number of carbonyl (C=O) groups excluding carboxylic acids is 2. The molecule has 3 rings (SSSR count). The van der Waals surface area contributed by atoms with Gasteiger partial charge < -0.3 is 15.4 Å². The van der Waals surface area contributed by atoms with Gasteiger partial charge in [0.2, 0.25) is 0 Å². The molecule has 2 aromatic carbocycles. The largest absolute Gasteiger partial charge is 0.457 e. The maximum Gasteiger partial charge on any atom is 0.338 e. The number of hydrogen-bond acceptors (Lipinski definition) is 3. The molecule has 5 nitrogen and oxygen atoms in total. The first-order valence-corrected chi connectivity index (χ1v) is 8.66. The summed E-state index contributed by atoms with van der Waals surface area (Å²) in [4.78, 5) is 24.7. The van der Waals surface area contributed by atoms with Gasteiger partial charge in [0, 0.05) is 21.3 Å². The van der Waals surface area contributed by atoms with Gasteiger partial charge in [-0.3, -0.25) is 0 Å². The number of ether oxygens (including phenoxy) is 1. The summed E-state index contributed by atoms with van der Waals surface area (Å²) in [7, 11) is 0. The fourth-order valence-corrected chi connectivity index (χ4v) is 3.38. The lowest BCUT2D eigenvalue weighted by molar-refractivity contribution is -0.140. The van der Waals surface area contributed by atoms with Crippen LogP contribution in [0.2, 0.25) is 10.0 Å². The van der Waals surface area contributed by atoms with E-state index >= 15 is 0 Å². The van der Waals surface area contributed by atoms with Crippen molar-refractivity contribution in [2.24, 2.45) is 0 Å². The quantitative estimate of drug-likeness (QED) is 0.761. The summed E-state index contributed by atoms with van der Waals surface area (Å²) in [6.07, 6.45) is 0. The molecule has 7 heteroatoms. The Labute approximate surface area is 160 Å². The maximum atomic E-state index is 12.7. The zero-order valence-electron chi connectivity index (χ0n) is 13.9. The lowest BCUT2D eigenvalue weighted by Gasteiger charge is -2.29. The lowest BCUT2D eigenvalue weighted by Crippen LogP contribution is -2.45. The monoisotopic (exact) mass is 390 g/mol. The Morgan fingerprint density at radius 3 is 2.38 bits per heavy atom. The van der Waals surface area contributed by atoms with Crippen molar-refractivity contribution in [3.8, 4) is 0 Å². The van der Waals surface area contributed by atoms with Crippen molar-refractivity contribution in [3.05, 3.63) is 81.0 Å². The molecule has 26 heavy (non-hydrogen) atoms. The molecular weight excluding hydrogens is 375 g/mol. The summed E-state index contributed by atoms with van der Waals surface area (Å²) in [5, 5.41) is 5.99. The highest BCUT2D eigenvalue weighted by Crippen LogP contribution is 2.36. The first kappa shape index (κ1) is 18.3. The number of carbonyl (C=O) groups is 2. The summed E-state index contributed by atoms with van der Waals surface area (Å²) >= 11 is 12.5. The van der Waals surface area contributed by atoms with E-state index in [1.807, 2.05) is 30.3 Å². The van der Waals surface area contributed by atoms with E-state index in [4.69, 9.17) is 27.9 Å². The van der Waals surface area contributed by atoms with Crippen molar-refractivity contribution in [3.63, 3.8) is 0 Å². The predicted molar refractivity (Wildman–Crippen MR) is 99.8 cm³/mol. The van der Waals surface area contributed by atoms with Crippen LogP contribution in [0.1, 0.15) is 24.1 Å². The molecule has 1 aliphatic rings. The van der Waals surface area contributed by atoms with Gasteiger partial charge >= 0.3 is 12.0 Å². The van der Waals surface area contributed by atoms with Crippen LogP contribution >= 0.6 is 23.2 Å². The lowest BCUT2D eigenvalue weighted by atomic mass is 9.95. The minimum absolute atomic E-state index is 0.118. The third-order valence-electron chi connectivity index (χ3n) is 3.99. The van der Waals surface area contributed by atoms with E-state index in [2.05, 4.69) is 10.6 Å². The van der Waals surface area contributed by atoms with Gasteiger partial charge in [-0.25, -0.2) is 9.59 Å². The van der Waals surface area contributed by atoms with Crippen LogP contribution in [0.25, 0.3) is 0 Å². The molecular formula is C19H16Cl2N2O3. The fourth-order valence-electron chi connectivity index (χ4n) is 2.77. The number of rotatable bonds is 4. The van der Waals surface area contributed by atoms with Crippen LogP contribution in [-0.4, -0.2) is 12.0 Å². The number of nitrogens with one attached hydrogen (secondary N) is 2. The van der Waals surface area contributed by atoms with Crippen LogP contribution in [0.15, 0.2) is 59.8 Å². The minimum Gasteiger partial charge on any atom is -0.457 e. The van der Waals surface area contributed by atoms with E-state index in [0.29, 0.717) is 21.3 Å². The molecule has 2 amide bonds. The van der Waals surface area contributed by atoms with Crippen molar-refractivity contribution in [1.82, 2.24) is 10.6 Å². The van der Waals surface area contributed by atoms with Crippen molar-refractivity contribution < 1.29 is 14.3 Å². The van der Waals surface area contributed by atoms with Crippen molar-refractivity contribution in [2.45, 2.75) is 19.6 Å². The molecule has 1 heterocycles.